The summed E-state index contributed by atoms with van der Waals surface area (Å²) >= 11 is 0. The lowest BCUT2D eigenvalue weighted by atomic mass is 9.79. The molecule has 5 rings (SSSR count). The van der Waals surface area contributed by atoms with Crippen LogP contribution in [-0.2, 0) is 38.7 Å². The third kappa shape index (κ3) is 12.2. The van der Waals surface area contributed by atoms with Crippen molar-refractivity contribution in [3.05, 3.63) is 89.7 Å². The van der Waals surface area contributed by atoms with Gasteiger partial charge in [0, 0.05) is 44.3 Å². The molecular weight excluding hydrogens is 692 g/mol. The highest BCUT2D eigenvalue weighted by Crippen LogP contribution is 2.36. The molecule has 0 spiro atoms. The van der Waals surface area contributed by atoms with E-state index in [0.717, 1.165) is 42.9 Å². The molecule has 2 aliphatic rings. The Balaban J connectivity index is 0.000000424. The number of guanidine groups is 1. The number of hydrogen-bond donors (Lipinski definition) is 4. The predicted molar refractivity (Wildman–Crippen MR) is 170 cm³/mol. The number of nitrogens with one attached hydrogen (secondary N) is 1. The predicted octanol–water partition coefficient (Wildman–Crippen LogP) is 5.01. The summed E-state index contributed by atoms with van der Waals surface area (Å²) in [5.41, 5.74) is 9.38. The summed E-state index contributed by atoms with van der Waals surface area (Å²) in [5.74, 6) is -5.19. The average molecular weight is 728 g/mol. The van der Waals surface area contributed by atoms with E-state index < -0.39 is 29.7 Å². The quantitative estimate of drug-likeness (QED) is 0.0846. The first-order valence-electron chi connectivity index (χ1n) is 15.2. The van der Waals surface area contributed by atoms with E-state index in [1.807, 2.05) is 65.6 Å². The number of alkyl halides is 6. The summed E-state index contributed by atoms with van der Waals surface area (Å²) in [4.78, 5) is 39.7. The van der Waals surface area contributed by atoms with Gasteiger partial charge in [-0.1, -0.05) is 36.4 Å². The van der Waals surface area contributed by atoms with Crippen LogP contribution in [-0.4, -0.2) is 82.6 Å². The molecule has 18 heteroatoms. The molecule has 3 heterocycles. The van der Waals surface area contributed by atoms with Crippen molar-refractivity contribution in [1.82, 2.24) is 9.88 Å². The first-order chi connectivity index (χ1) is 23.9. The fraction of sp³-hybridized carbons (Fsp3) is 0.364. The highest BCUT2D eigenvalue weighted by Gasteiger charge is 2.44. The van der Waals surface area contributed by atoms with Crippen molar-refractivity contribution in [1.29, 1.82) is 5.41 Å². The number of ether oxygens (including phenoxy) is 2. The van der Waals surface area contributed by atoms with Gasteiger partial charge in [0.15, 0.2) is 5.96 Å². The van der Waals surface area contributed by atoms with Crippen LogP contribution < -0.4 is 15.4 Å². The first kappa shape index (κ1) is 40.0. The van der Waals surface area contributed by atoms with Gasteiger partial charge in [-0.05, 0) is 60.2 Å². The SMILES string of the molecule is N=C(N)N1CCc2ccc(OC(=O)C3(COCc4ccccc4)CCN(c4ccncc4)CC3)cc2C1.O=C(O)C(F)(F)F.O=C(O)C(F)(F)F. The van der Waals surface area contributed by atoms with Crippen LogP contribution in [0.3, 0.4) is 0 Å². The minimum absolute atomic E-state index is 0.0588. The van der Waals surface area contributed by atoms with E-state index in [0.29, 0.717) is 38.3 Å². The Hall–Kier alpha value is -5.39. The van der Waals surface area contributed by atoms with Crippen molar-refractivity contribution in [2.75, 3.05) is 31.1 Å². The maximum absolute atomic E-state index is 13.7. The van der Waals surface area contributed by atoms with Crippen molar-refractivity contribution >= 4 is 29.6 Å². The molecule has 5 N–H and O–H groups in total. The minimum Gasteiger partial charge on any atom is -0.475 e. The monoisotopic (exact) mass is 727 g/mol. The van der Waals surface area contributed by atoms with Crippen molar-refractivity contribution in [3.8, 4) is 5.75 Å². The number of fused-ring (bicyclic) bond motifs is 1. The van der Waals surface area contributed by atoms with Crippen molar-refractivity contribution in [3.63, 3.8) is 0 Å². The summed E-state index contributed by atoms with van der Waals surface area (Å²) in [5, 5.41) is 22.0. The summed E-state index contributed by atoms with van der Waals surface area (Å²) < 4.78 is 75.6. The number of pyridine rings is 1. The van der Waals surface area contributed by atoms with Crippen LogP contribution in [0.1, 0.15) is 29.5 Å². The lowest BCUT2D eigenvalue weighted by Gasteiger charge is -2.40. The van der Waals surface area contributed by atoms with Crippen LogP contribution in [0.5, 0.6) is 5.75 Å². The molecule has 0 bridgehead atoms. The Morgan fingerprint density at radius 1 is 0.863 bits per heavy atom. The molecule has 0 amide bonds. The zero-order valence-electron chi connectivity index (χ0n) is 26.9. The molecule has 0 radical (unpaired) electrons. The maximum atomic E-state index is 13.7. The van der Waals surface area contributed by atoms with Gasteiger partial charge in [-0.2, -0.15) is 26.3 Å². The van der Waals surface area contributed by atoms with Crippen LogP contribution in [0.2, 0.25) is 0 Å². The number of rotatable bonds is 7. The number of aromatic nitrogens is 1. The van der Waals surface area contributed by atoms with Gasteiger partial charge in [-0.3, -0.25) is 15.2 Å². The number of halogens is 6. The second-order valence-corrected chi connectivity index (χ2v) is 11.4. The zero-order chi connectivity index (χ0) is 37.8. The Morgan fingerprint density at radius 2 is 1.43 bits per heavy atom. The molecule has 51 heavy (non-hydrogen) atoms. The van der Waals surface area contributed by atoms with Gasteiger partial charge in [0.25, 0.3) is 0 Å². The first-order valence-corrected chi connectivity index (χ1v) is 15.2. The number of carbonyl (C=O) groups excluding carboxylic acids is 1. The molecule has 0 unspecified atom stereocenters. The van der Waals surface area contributed by atoms with Crippen LogP contribution in [0.15, 0.2) is 73.1 Å². The Morgan fingerprint density at radius 3 is 1.96 bits per heavy atom. The molecule has 12 nitrogen and oxygen atoms in total. The van der Waals surface area contributed by atoms with Gasteiger partial charge in [0.2, 0.25) is 0 Å². The number of benzene rings is 2. The highest BCUT2D eigenvalue weighted by atomic mass is 19.4. The van der Waals surface area contributed by atoms with Crippen LogP contribution in [0, 0.1) is 10.8 Å². The summed E-state index contributed by atoms with van der Waals surface area (Å²) in [6.45, 7) is 3.47. The molecule has 0 aliphatic carbocycles. The molecular formula is C33H35F6N5O7. The van der Waals surface area contributed by atoms with E-state index in [4.69, 9.17) is 40.4 Å². The molecule has 2 aliphatic heterocycles. The van der Waals surface area contributed by atoms with E-state index >= 15 is 0 Å². The van der Waals surface area contributed by atoms with E-state index in [9.17, 15) is 31.1 Å². The van der Waals surface area contributed by atoms with Crippen molar-refractivity contribution in [2.45, 2.75) is 44.8 Å². The molecule has 1 fully saturated rings. The van der Waals surface area contributed by atoms with Gasteiger partial charge in [0.05, 0.1) is 18.6 Å². The molecule has 2 aromatic carbocycles. The Kier molecular flexibility index (Phi) is 13.7. The number of nitrogens with zero attached hydrogens (tertiary/aromatic N) is 3. The largest absolute Gasteiger partial charge is 0.490 e. The second-order valence-electron chi connectivity index (χ2n) is 11.4. The third-order valence-electron chi connectivity index (χ3n) is 7.90. The number of carboxylic acids is 2. The fourth-order valence-corrected chi connectivity index (χ4v) is 5.11. The van der Waals surface area contributed by atoms with E-state index in [-0.39, 0.29) is 11.9 Å². The number of piperidine rings is 1. The topological polar surface area (TPSA) is 179 Å². The highest BCUT2D eigenvalue weighted by molar-refractivity contribution is 5.80. The van der Waals surface area contributed by atoms with E-state index in [2.05, 4.69) is 9.88 Å². The normalized spacial score (nSPS) is 15.2. The molecule has 1 saturated heterocycles. The third-order valence-corrected chi connectivity index (χ3v) is 7.90. The second kappa shape index (κ2) is 17.5. The standard InChI is InChI=1S/C29H33N5O3.2C2HF3O2/c30-28(31)34-15-10-23-6-7-26(18-24(23)19-34)37-27(35)29(21-36-20-22-4-2-1-3-5-22)11-16-33(17-12-29)25-8-13-32-14-9-25;2*3-2(4,5)1(6)7/h1-9,13-14,18H,10-12,15-17,19-21H2,(H3,30,31);2*(H,6,7). The number of carboxylic acid groups (broad SMARTS) is 2. The zero-order valence-corrected chi connectivity index (χ0v) is 26.9. The van der Waals surface area contributed by atoms with Crippen molar-refractivity contribution in [2.24, 2.45) is 11.1 Å². The van der Waals surface area contributed by atoms with Gasteiger partial charge < -0.3 is 35.2 Å². The van der Waals surface area contributed by atoms with Gasteiger partial charge >= 0.3 is 30.3 Å². The summed E-state index contributed by atoms with van der Waals surface area (Å²) in [6, 6.07) is 19.8. The number of aliphatic carboxylic acids is 2. The van der Waals surface area contributed by atoms with Crippen LogP contribution in [0.4, 0.5) is 32.0 Å². The molecule has 3 aromatic rings. The van der Waals surface area contributed by atoms with Gasteiger partial charge in [0.1, 0.15) is 5.75 Å². The molecule has 276 valence electrons. The van der Waals surface area contributed by atoms with Crippen LogP contribution >= 0.6 is 0 Å². The number of esters is 1. The summed E-state index contributed by atoms with van der Waals surface area (Å²) in [7, 11) is 0. The van der Waals surface area contributed by atoms with Crippen molar-refractivity contribution < 1.29 is 60.4 Å². The number of hydrogen-bond acceptors (Lipinski definition) is 8. The number of nitrogens with two attached hydrogens (primary N) is 1. The smallest absolute Gasteiger partial charge is 0.475 e. The van der Waals surface area contributed by atoms with E-state index in [1.165, 1.54) is 5.56 Å². The summed E-state index contributed by atoms with van der Waals surface area (Å²) in [6.07, 6.45) is -4.52. The van der Waals surface area contributed by atoms with E-state index in [1.54, 1.807) is 12.4 Å². The van der Waals surface area contributed by atoms with Gasteiger partial charge in [-0.25, -0.2) is 9.59 Å². The molecule has 0 saturated carbocycles. The molecule has 1 aromatic heterocycles. The maximum Gasteiger partial charge on any atom is 0.490 e. The minimum atomic E-state index is -5.08. The Labute approximate surface area is 287 Å². The lowest BCUT2D eigenvalue weighted by molar-refractivity contribution is -0.193. The molecule has 0 atom stereocenters. The van der Waals surface area contributed by atoms with Crippen LogP contribution in [0.25, 0.3) is 0 Å². The van der Waals surface area contributed by atoms with Gasteiger partial charge in [-0.15, -0.1) is 0 Å². The fourth-order valence-electron chi connectivity index (χ4n) is 5.11. The number of carbonyl (C=O) groups is 3. The number of anilines is 1. The average Bonchev–Trinajstić information content (AvgIpc) is 3.09. The Bertz CT molecular complexity index is 1600. The lowest BCUT2D eigenvalue weighted by Crippen LogP contribution is -2.48.